The molecule has 0 amide bonds. The van der Waals surface area contributed by atoms with E-state index < -0.39 is 0 Å². The monoisotopic (exact) mass is 528 g/mol. The lowest BCUT2D eigenvalue weighted by Crippen LogP contribution is -2.59. The highest BCUT2D eigenvalue weighted by Gasteiger charge is 2.35. The maximum Gasteiger partial charge on any atom is 0.229 e. The molecule has 39 heavy (non-hydrogen) atoms. The van der Waals surface area contributed by atoms with Gasteiger partial charge in [-0.3, -0.25) is 9.88 Å². The van der Waals surface area contributed by atoms with Crippen LogP contribution < -0.4 is 10.2 Å². The first-order valence-electron chi connectivity index (χ1n) is 13.9. The van der Waals surface area contributed by atoms with Crippen molar-refractivity contribution in [1.82, 2.24) is 29.4 Å². The highest BCUT2D eigenvalue weighted by molar-refractivity contribution is 5.87. The zero-order valence-corrected chi connectivity index (χ0v) is 24.7. The molecule has 0 unspecified atom stereocenters. The van der Waals surface area contributed by atoms with Crippen LogP contribution >= 0.6 is 0 Å². The van der Waals surface area contributed by atoms with Gasteiger partial charge in [0.1, 0.15) is 5.52 Å². The van der Waals surface area contributed by atoms with E-state index in [1.165, 1.54) is 16.7 Å². The van der Waals surface area contributed by atoms with Crippen molar-refractivity contribution in [2.24, 2.45) is 0 Å². The number of nitrogens with zero attached hydrogens (tertiary/aromatic N) is 7. The second-order valence-electron chi connectivity index (χ2n) is 12.7. The van der Waals surface area contributed by atoms with Gasteiger partial charge in [0, 0.05) is 57.3 Å². The van der Waals surface area contributed by atoms with E-state index >= 15 is 0 Å². The van der Waals surface area contributed by atoms with Crippen LogP contribution in [0.4, 0.5) is 17.5 Å². The molecule has 3 aromatic heterocycles. The van der Waals surface area contributed by atoms with Crippen LogP contribution in [0.2, 0.25) is 0 Å². The summed E-state index contributed by atoms with van der Waals surface area (Å²) in [6, 6.07) is 11.1. The van der Waals surface area contributed by atoms with Crippen LogP contribution in [0, 0.1) is 6.92 Å². The SMILES string of the molecule is Cc1ccc(C(C)(C)C)cc1Nc1nc(N2CCN(Cc3ccncc3)C(C)(C)C2)nc2ncn(C(C)C)c12.[HH]. The zero-order valence-electron chi connectivity index (χ0n) is 24.7. The maximum atomic E-state index is 5.16. The lowest BCUT2D eigenvalue weighted by Gasteiger charge is -2.47. The molecule has 4 heterocycles. The molecule has 1 aromatic carbocycles. The average molecular weight is 529 g/mol. The Kier molecular flexibility index (Phi) is 7.10. The van der Waals surface area contributed by atoms with Crippen LogP contribution in [0.3, 0.4) is 0 Å². The fourth-order valence-corrected chi connectivity index (χ4v) is 5.27. The second kappa shape index (κ2) is 10.2. The number of nitrogens with one attached hydrogen (secondary N) is 1. The minimum atomic E-state index is -0.0532. The van der Waals surface area contributed by atoms with Crippen molar-refractivity contribution in [3.63, 3.8) is 0 Å². The Labute approximate surface area is 234 Å². The number of imidazole rings is 1. The lowest BCUT2D eigenvalue weighted by atomic mass is 9.86. The smallest absolute Gasteiger partial charge is 0.229 e. The second-order valence-corrected chi connectivity index (χ2v) is 12.7. The summed E-state index contributed by atoms with van der Waals surface area (Å²) < 4.78 is 2.15. The molecule has 0 saturated carbocycles. The molecule has 5 rings (SSSR count). The summed E-state index contributed by atoms with van der Waals surface area (Å²) in [7, 11) is 0. The minimum Gasteiger partial charge on any atom is -0.338 e. The van der Waals surface area contributed by atoms with Crippen molar-refractivity contribution < 1.29 is 1.43 Å². The van der Waals surface area contributed by atoms with Gasteiger partial charge in [-0.25, -0.2) is 4.98 Å². The minimum absolute atomic E-state index is 0. The first-order valence-corrected chi connectivity index (χ1v) is 13.9. The standard InChI is InChI=1S/C31H42N8.H2/c1-21(2)39-20-33-27-26(39)28(34-25-17-24(30(4,5)6)10-9-22(25)3)36-29(35-27)37-15-16-38(31(7,8)19-37)18-23-11-13-32-14-12-23;/h9-14,17,20-21H,15-16,18-19H2,1-8H3,(H,34,35,36);1H. The van der Waals surface area contributed by atoms with Gasteiger partial charge in [-0.2, -0.15) is 9.97 Å². The average Bonchev–Trinajstić information content (AvgIpc) is 3.31. The number of hydrogen-bond acceptors (Lipinski definition) is 7. The maximum absolute atomic E-state index is 5.16. The first kappa shape index (κ1) is 27.1. The molecular formula is C31H44N8. The largest absolute Gasteiger partial charge is 0.338 e. The van der Waals surface area contributed by atoms with Crippen molar-refractivity contribution in [2.75, 3.05) is 29.9 Å². The third-order valence-corrected chi connectivity index (χ3v) is 7.81. The molecular weight excluding hydrogens is 484 g/mol. The number of piperazine rings is 1. The van der Waals surface area contributed by atoms with E-state index in [-0.39, 0.29) is 18.4 Å². The number of aromatic nitrogens is 5. The molecule has 8 heteroatoms. The predicted molar refractivity (Wildman–Crippen MR) is 162 cm³/mol. The molecule has 8 nitrogen and oxygen atoms in total. The topological polar surface area (TPSA) is 75.0 Å². The van der Waals surface area contributed by atoms with Crippen LogP contribution in [0.25, 0.3) is 11.2 Å². The Balaban J connectivity index is 0.00000370. The van der Waals surface area contributed by atoms with Crippen molar-refractivity contribution in [3.8, 4) is 0 Å². The van der Waals surface area contributed by atoms with E-state index in [0.717, 1.165) is 54.8 Å². The number of benzene rings is 1. The molecule has 208 valence electrons. The highest BCUT2D eigenvalue weighted by atomic mass is 15.4. The summed E-state index contributed by atoms with van der Waals surface area (Å²) in [5.74, 6) is 1.52. The summed E-state index contributed by atoms with van der Waals surface area (Å²) in [6.07, 6.45) is 5.62. The van der Waals surface area contributed by atoms with Gasteiger partial charge in [0.2, 0.25) is 5.95 Å². The lowest BCUT2D eigenvalue weighted by molar-refractivity contribution is 0.0956. The molecule has 1 aliphatic rings. The van der Waals surface area contributed by atoms with E-state index in [1.807, 2.05) is 18.7 Å². The van der Waals surface area contributed by atoms with Gasteiger partial charge in [0.05, 0.1) is 6.33 Å². The van der Waals surface area contributed by atoms with Crippen molar-refractivity contribution >= 4 is 28.6 Å². The summed E-state index contributed by atoms with van der Waals surface area (Å²) >= 11 is 0. The molecule has 1 saturated heterocycles. The number of aryl methyl sites for hydroxylation is 1. The fraction of sp³-hybridized carbons (Fsp3) is 0.484. The Morgan fingerprint density at radius 2 is 1.79 bits per heavy atom. The van der Waals surface area contributed by atoms with Crippen LogP contribution in [-0.2, 0) is 12.0 Å². The molecule has 4 aromatic rings. The van der Waals surface area contributed by atoms with Crippen LogP contribution in [0.5, 0.6) is 0 Å². The van der Waals surface area contributed by atoms with Crippen LogP contribution in [0.15, 0.2) is 49.1 Å². The predicted octanol–water partition coefficient (Wildman–Crippen LogP) is 6.50. The number of hydrogen-bond donors (Lipinski definition) is 1. The number of anilines is 3. The van der Waals surface area contributed by atoms with Gasteiger partial charge in [-0.15, -0.1) is 0 Å². The summed E-state index contributed by atoms with van der Waals surface area (Å²) in [6.45, 7) is 21.3. The Morgan fingerprint density at radius 1 is 1.05 bits per heavy atom. The molecule has 0 spiro atoms. The quantitative estimate of drug-likeness (QED) is 0.306. The van der Waals surface area contributed by atoms with Crippen LogP contribution in [0.1, 0.15) is 72.6 Å². The summed E-state index contributed by atoms with van der Waals surface area (Å²) in [5.41, 5.74) is 6.46. The molecule has 0 radical (unpaired) electrons. The van der Waals surface area contributed by atoms with Crippen LogP contribution in [-0.4, -0.2) is 54.6 Å². The molecule has 0 atom stereocenters. The molecule has 1 N–H and O–H groups in total. The molecule has 1 fully saturated rings. The van der Waals surface area contributed by atoms with Gasteiger partial charge in [0.25, 0.3) is 0 Å². The van der Waals surface area contributed by atoms with Crippen molar-refractivity contribution in [1.29, 1.82) is 0 Å². The fourth-order valence-electron chi connectivity index (χ4n) is 5.27. The van der Waals surface area contributed by atoms with Gasteiger partial charge in [-0.05, 0) is 74.9 Å². The molecule has 0 bridgehead atoms. The third-order valence-electron chi connectivity index (χ3n) is 7.81. The number of pyridine rings is 1. The van der Waals surface area contributed by atoms with Crippen molar-refractivity contribution in [2.45, 2.75) is 78.9 Å². The summed E-state index contributed by atoms with van der Waals surface area (Å²) in [5, 5.41) is 3.70. The van der Waals surface area contributed by atoms with E-state index in [0.29, 0.717) is 0 Å². The van der Waals surface area contributed by atoms with E-state index in [9.17, 15) is 0 Å². The van der Waals surface area contributed by atoms with Gasteiger partial charge in [-0.1, -0.05) is 32.9 Å². The first-order chi connectivity index (χ1) is 18.4. The number of rotatable bonds is 6. The van der Waals surface area contributed by atoms with Gasteiger partial charge in [0.15, 0.2) is 11.5 Å². The summed E-state index contributed by atoms with van der Waals surface area (Å²) in [4.78, 5) is 23.9. The van der Waals surface area contributed by atoms with E-state index in [4.69, 9.17) is 15.0 Å². The van der Waals surface area contributed by atoms with Gasteiger partial charge < -0.3 is 14.8 Å². The van der Waals surface area contributed by atoms with E-state index in [1.54, 1.807) is 0 Å². The zero-order chi connectivity index (χ0) is 27.9. The highest BCUT2D eigenvalue weighted by Crippen LogP contribution is 2.33. The molecule has 0 aliphatic carbocycles. The Morgan fingerprint density at radius 3 is 2.46 bits per heavy atom. The molecule has 1 aliphatic heterocycles. The van der Waals surface area contributed by atoms with Crippen molar-refractivity contribution in [3.05, 3.63) is 65.7 Å². The Hall–Kier alpha value is -3.52. The normalized spacial score (nSPS) is 16.3. The number of fused-ring (bicyclic) bond motifs is 1. The van der Waals surface area contributed by atoms with E-state index in [2.05, 4.69) is 110 Å². The third kappa shape index (κ3) is 5.62. The van der Waals surface area contributed by atoms with Gasteiger partial charge >= 0.3 is 0 Å². The Bertz CT molecular complexity index is 1460.